The molecule has 0 unspecified atom stereocenters. The van der Waals surface area contributed by atoms with Gasteiger partial charge in [-0.1, -0.05) is 6.07 Å². The quantitative estimate of drug-likeness (QED) is 0.874. The van der Waals surface area contributed by atoms with Crippen LogP contribution < -0.4 is 10.1 Å². The van der Waals surface area contributed by atoms with E-state index in [1.54, 1.807) is 20.1 Å². The summed E-state index contributed by atoms with van der Waals surface area (Å²) in [6.07, 6.45) is 0.387. The maximum absolute atomic E-state index is 11.9. The van der Waals surface area contributed by atoms with Crippen molar-refractivity contribution in [3.8, 4) is 5.75 Å². The van der Waals surface area contributed by atoms with Crippen molar-refractivity contribution in [3.63, 3.8) is 0 Å². The minimum atomic E-state index is -0.553. The van der Waals surface area contributed by atoms with Crippen LogP contribution in [0.5, 0.6) is 5.75 Å². The van der Waals surface area contributed by atoms with Crippen molar-refractivity contribution in [1.82, 2.24) is 0 Å². The van der Waals surface area contributed by atoms with Gasteiger partial charge in [0.1, 0.15) is 11.4 Å². The molecule has 21 heavy (non-hydrogen) atoms. The van der Waals surface area contributed by atoms with E-state index in [4.69, 9.17) is 9.47 Å². The van der Waals surface area contributed by atoms with E-state index in [0.29, 0.717) is 24.3 Å². The maximum Gasteiger partial charge on any atom is 0.412 e. The van der Waals surface area contributed by atoms with Crippen LogP contribution in [0.25, 0.3) is 0 Å². The molecule has 0 radical (unpaired) electrons. The van der Waals surface area contributed by atoms with E-state index >= 15 is 0 Å². The zero-order chi connectivity index (χ0) is 16.0. The summed E-state index contributed by atoms with van der Waals surface area (Å²) < 4.78 is 10.4. The number of aliphatic hydroxyl groups excluding tert-OH is 1. The second kappa shape index (κ2) is 7.31. The molecule has 0 aromatic heterocycles. The minimum absolute atomic E-state index is 0.388. The lowest BCUT2D eigenvalue weighted by Gasteiger charge is -2.21. The Hall–Kier alpha value is -1.75. The third-order valence-corrected chi connectivity index (χ3v) is 2.78. The molecule has 0 saturated carbocycles. The van der Waals surface area contributed by atoms with Crippen molar-refractivity contribution < 1.29 is 19.4 Å². The van der Waals surface area contributed by atoms with Gasteiger partial charge in [-0.25, -0.2) is 4.79 Å². The highest BCUT2D eigenvalue weighted by molar-refractivity contribution is 5.86. The Balaban J connectivity index is 2.88. The molecular weight excluding hydrogens is 270 g/mol. The maximum atomic E-state index is 11.9. The van der Waals surface area contributed by atoms with Crippen LogP contribution in [0.15, 0.2) is 18.2 Å². The number of ether oxygens (including phenoxy) is 2. The summed E-state index contributed by atoms with van der Waals surface area (Å²) in [7, 11) is 1.57. The predicted molar refractivity (Wildman–Crippen MR) is 82.9 cm³/mol. The number of aryl methyl sites for hydroxylation is 1. The standard InChI is InChI=1S/C16H25NO4/c1-11(18)6-7-12-8-9-13(20-5)10-14(12)17-15(19)21-16(2,3)4/h8-11,18H,6-7H2,1-5H3,(H,17,19)/t11-/m1/s1. The van der Waals surface area contributed by atoms with Crippen molar-refractivity contribution in [1.29, 1.82) is 0 Å². The number of nitrogens with one attached hydrogen (secondary N) is 1. The van der Waals surface area contributed by atoms with Gasteiger partial charge in [0, 0.05) is 6.07 Å². The highest BCUT2D eigenvalue weighted by atomic mass is 16.6. The molecule has 118 valence electrons. The molecule has 1 atom stereocenters. The molecule has 0 aliphatic heterocycles. The molecule has 2 N–H and O–H groups in total. The second-order valence-corrected chi connectivity index (χ2v) is 6.04. The fraction of sp³-hybridized carbons (Fsp3) is 0.562. The van der Waals surface area contributed by atoms with Crippen LogP contribution in [0.4, 0.5) is 10.5 Å². The van der Waals surface area contributed by atoms with E-state index in [-0.39, 0.29) is 6.10 Å². The first kappa shape index (κ1) is 17.3. The number of hydrogen-bond donors (Lipinski definition) is 2. The molecule has 1 aromatic carbocycles. The van der Waals surface area contributed by atoms with Crippen molar-refractivity contribution in [3.05, 3.63) is 23.8 Å². The Kier molecular flexibility index (Phi) is 6.03. The molecule has 0 heterocycles. The van der Waals surface area contributed by atoms with Gasteiger partial charge in [0.2, 0.25) is 0 Å². The van der Waals surface area contributed by atoms with Gasteiger partial charge < -0.3 is 14.6 Å². The van der Waals surface area contributed by atoms with Crippen molar-refractivity contribution in [2.45, 2.75) is 52.2 Å². The first-order chi connectivity index (χ1) is 9.71. The number of benzene rings is 1. The average molecular weight is 295 g/mol. The summed E-state index contributed by atoms with van der Waals surface area (Å²) >= 11 is 0. The zero-order valence-corrected chi connectivity index (χ0v) is 13.4. The van der Waals surface area contributed by atoms with Gasteiger partial charge >= 0.3 is 6.09 Å². The van der Waals surface area contributed by atoms with E-state index < -0.39 is 11.7 Å². The molecule has 1 aromatic rings. The fourth-order valence-electron chi connectivity index (χ4n) is 1.79. The predicted octanol–water partition coefficient (Wildman–Crippen LogP) is 3.36. The van der Waals surface area contributed by atoms with E-state index in [0.717, 1.165) is 5.56 Å². The second-order valence-electron chi connectivity index (χ2n) is 6.04. The van der Waals surface area contributed by atoms with Crippen LogP contribution in [0.3, 0.4) is 0 Å². The van der Waals surface area contributed by atoms with Crippen molar-refractivity contribution >= 4 is 11.8 Å². The SMILES string of the molecule is COc1ccc(CC[C@@H](C)O)c(NC(=O)OC(C)(C)C)c1. The zero-order valence-electron chi connectivity index (χ0n) is 13.4. The van der Waals surface area contributed by atoms with Gasteiger partial charge in [0.05, 0.1) is 18.9 Å². The summed E-state index contributed by atoms with van der Waals surface area (Å²) in [5.41, 5.74) is 1.02. The Morgan fingerprint density at radius 1 is 1.38 bits per heavy atom. The Morgan fingerprint density at radius 3 is 2.57 bits per heavy atom. The van der Waals surface area contributed by atoms with Gasteiger partial charge in [-0.15, -0.1) is 0 Å². The third-order valence-electron chi connectivity index (χ3n) is 2.78. The normalized spacial score (nSPS) is 12.7. The summed E-state index contributed by atoms with van der Waals surface area (Å²) in [6.45, 7) is 7.18. The topological polar surface area (TPSA) is 67.8 Å². The first-order valence-electron chi connectivity index (χ1n) is 7.06. The monoisotopic (exact) mass is 295 g/mol. The number of hydrogen-bond acceptors (Lipinski definition) is 4. The number of amides is 1. The van der Waals surface area contributed by atoms with Crippen LogP contribution in [-0.4, -0.2) is 30.0 Å². The molecule has 0 bridgehead atoms. The molecule has 0 fully saturated rings. The highest BCUT2D eigenvalue weighted by Crippen LogP contribution is 2.25. The molecule has 0 saturated heterocycles. The number of carbonyl (C=O) groups is 1. The lowest BCUT2D eigenvalue weighted by atomic mass is 10.0. The summed E-state index contributed by atoms with van der Waals surface area (Å²) in [6, 6.07) is 5.47. The van der Waals surface area contributed by atoms with Crippen LogP contribution in [0, 0.1) is 0 Å². The molecule has 1 amide bonds. The van der Waals surface area contributed by atoms with Gasteiger partial charge in [0.15, 0.2) is 0 Å². The van der Waals surface area contributed by atoms with Gasteiger partial charge in [0.25, 0.3) is 0 Å². The largest absolute Gasteiger partial charge is 0.497 e. The molecule has 5 heteroatoms. The van der Waals surface area contributed by atoms with Gasteiger partial charge in [-0.05, 0) is 52.2 Å². The number of methoxy groups -OCH3 is 1. The van der Waals surface area contributed by atoms with E-state index in [1.165, 1.54) is 0 Å². The first-order valence-corrected chi connectivity index (χ1v) is 7.06. The fourth-order valence-corrected chi connectivity index (χ4v) is 1.79. The van der Waals surface area contributed by atoms with Crippen LogP contribution >= 0.6 is 0 Å². The van der Waals surface area contributed by atoms with Crippen LogP contribution in [-0.2, 0) is 11.2 Å². The Labute approximate surface area is 126 Å². The Morgan fingerprint density at radius 2 is 2.05 bits per heavy atom. The molecule has 5 nitrogen and oxygen atoms in total. The number of carbonyl (C=O) groups excluding carboxylic acids is 1. The lowest BCUT2D eigenvalue weighted by molar-refractivity contribution is 0.0636. The Bertz CT molecular complexity index is 478. The van der Waals surface area contributed by atoms with Crippen LogP contribution in [0.2, 0.25) is 0 Å². The molecule has 0 spiro atoms. The smallest absolute Gasteiger partial charge is 0.412 e. The highest BCUT2D eigenvalue weighted by Gasteiger charge is 2.17. The molecular formula is C16H25NO4. The van der Waals surface area contributed by atoms with Crippen molar-refractivity contribution in [2.24, 2.45) is 0 Å². The molecule has 0 aliphatic rings. The van der Waals surface area contributed by atoms with E-state index in [2.05, 4.69) is 5.32 Å². The summed E-state index contributed by atoms with van der Waals surface area (Å²) in [5, 5.41) is 12.1. The molecule has 0 aliphatic carbocycles. The van der Waals surface area contributed by atoms with E-state index in [1.807, 2.05) is 32.9 Å². The van der Waals surface area contributed by atoms with Crippen molar-refractivity contribution in [2.75, 3.05) is 12.4 Å². The summed E-state index contributed by atoms with van der Waals surface area (Å²) in [4.78, 5) is 11.9. The summed E-state index contributed by atoms with van der Waals surface area (Å²) in [5.74, 6) is 0.654. The number of rotatable bonds is 5. The minimum Gasteiger partial charge on any atom is -0.497 e. The van der Waals surface area contributed by atoms with E-state index in [9.17, 15) is 9.90 Å². The lowest BCUT2D eigenvalue weighted by Crippen LogP contribution is -2.27. The third kappa shape index (κ3) is 6.49. The van der Waals surface area contributed by atoms with Crippen LogP contribution in [0.1, 0.15) is 39.7 Å². The number of anilines is 1. The van der Waals surface area contributed by atoms with Gasteiger partial charge in [-0.2, -0.15) is 0 Å². The van der Waals surface area contributed by atoms with Gasteiger partial charge in [-0.3, -0.25) is 5.32 Å². The number of aliphatic hydroxyl groups is 1. The molecule has 1 rings (SSSR count). The average Bonchev–Trinajstić information content (AvgIpc) is 2.34.